The second kappa shape index (κ2) is 7.65. The predicted octanol–water partition coefficient (Wildman–Crippen LogP) is 3.01. The van der Waals surface area contributed by atoms with E-state index in [4.69, 9.17) is 10.5 Å². The molecule has 0 aliphatic carbocycles. The van der Waals surface area contributed by atoms with Gasteiger partial charge < -0.3 is 20.6 Å². The van der Waals surface area contributed by atoms with Crippen LogP contribution in [-0.4, -0.2) is 26.0 Å². The summed E-state index contributed by atoms with van der Waals surface area (Å²) in [5, 5.41) is 10.4. The molecule has 1 atom stereocenters. The Morgan fingerprint density at radius 3 is 2.52 bits per heavy atom. The van der Waals surface area contributed by atoms with Gasteiger partial charge in [0.25, 0.3) is 5.56 Å². The lowest BCUT2D eigenvalue weighted by atomic mass is 9.82. The summed E-state index contributed by atoms with van der Waals surface area (Å²) in [5.41, 5.74) is 8.14. The Labute approximate surface area is 190 Å². The van der Waals surface area contributed by atoms with E-state index in [2.05, 4.69) is 4.98 Å². The molecule has 1 aromatic heterocycles. The number of anilines is 1. The highest BCUT2D eigenvalue weighted by Gasteiger charge is 2.42. The van der Waals surface area contributed by atoms with Crippen LogP contribution in [0, 0.1) is 27.7 Å². The van der Waals surface area contributed by atoms with Crippen LogP contribution in [0.2, 0.25) is 0 Å². The van der Waals surface area contributed by atoms with E-state index >= 15 is 0 Å². The minimum atomic E-state index is -1.21. The SMILES string of the molecule is Cc1cc(C(=O)C2(C)CCc3c(C)c(O)c(C)c(C)c3O2)c(N)c(-n2c(=O)cc[nH]c2=O)c1. The van der Waals surface area contributed by atoms with Crippen LogP contribution in [0.5, 0.6) is 11.5 Å². The Hall–Kier alpha value is -3.81. The second-order valence-electron chi connectivity index (χ2n) is 8.90. The van der Waals surface area contributed by atoms with E-state index < -0.39 is 16.9 Å². The van der Waals surface area contributed by atoms with Crippen molar-refractivity contribution in [2.75, 3.05) is 5.73 Å². The Morgan fingerprint density at radius 2 is 1.85 bits per heavy atom. The van der Waals surface area contributed by atoms with E-state index in [1.807, 2.05) is 20.8 Å². The summed E-state index contributed by atoms with van der Waals surface area (Å²) in [6.07, 6.45) is 2.20. The zero-order valence-corrected chi connectivity index (χ0v) is 19.3. The number of nitrogens with zero attached hydrogens (tertiary/aromatic N) is 1. The number of benzene rings is 2. The number of carbonyl (C=O) groups excluding carboxylic acids is 1. The average molecular weight is 450 g/mol. The van der Waals surface area contributed by atoms with Crippen molar-refractivity contribution in [3.05, 3.63) is 78.6 Å². The Kier molecular flexibility index (Phi) is 5.19. The number of phenols is 1. The van der Waals surface area contributed by atoms with Crippen molar-refractivity contribution < 1.29 is 14.6 Å². The normalized spacial score (nSPS) is 17.4. The predicted molar refractivity (Wildman–Crippen MR) is 126 cm³/mol. The van der Waals surface area contributed by atoms with Gasteiger partial charge in [0.05, 0.1) is 11.4 Å². The number of hydrogen-bond acceptors (Lipinski definition) is 6. The number of Topliss-reactive ketones (excluding diaryl/α,β-unsaturated/α-hetero) is 1. The first-order valence-corrected chi connectivity index (χ1v) is 10.7. The van der Waals surface area contributed by atoms with Crippen LogP contribution in [0.3, 0.4) is 0 Å². The molecule has 4 rings (SSSR count). The number of hydrogen-bond donors (Lipinski definition) is 3. The molecule has 3 aromatic rings. The third-order valence-corrected chi connectivity index (χ3v) is 6.64. The molecule has 1 unspecified atom stereocenters. The van der Waals surface area contributed by atoms with Gasteiger partial charge in [0.1, 0.15) is 11.5 Å². The molecule has 8 heteroatoms. The molecule has 0 saturated carbocycles. The van der Waals surface area contributed by atoms with Crippen LogP contribution >= 0.6 is 0 Å². The summed E-state index contributed by atoms with van der Waals surface area (Å²) in [7, 11) is 0. The Balaban J connectivity index is 1.84. The molecule has 2 aromatic carbocycles. The van der Waals surface area contributed by atoms with Gasteiger partial charge >= 0.3 is 5.69 Å². The van der Waals surface area contributed by atoms with Crippen LogP contribution in [0.25, 0.3) is 5.69 Å². The quantitative estimate of drug-likeness (QED) is 0.417. The lowest BCUT2D eigenvalue weighted by Crippen LogP contribution is -2.45. The smallest absolute Gasteiger partial charge is 0.333 e. The third-order valence-electron chi connectivity index (χ3n) is 6.64. The Bertz CT molecular complexity index is 1410. The number of H-pyrrole nitrogens is 1. The molecular formula is C25H27N3O5. The van der Waals surface area contributed by atoms with Gasteiger partial charge in [0.15, 0.2) is 5.60 Å². The fourth-order valence-corrected chi connectivity index (χ4v) is 4.50. The maximum Gasteiger partial charge on any atom is 0.333 e. The number of nitrogen functional groups attached to an aromatic ring is 1. The number of ether oxygens (including phenoxy) is 1. The summed E-state index contributed by atoms with van der Waals surface area (Å²) in [6, 6.07) is 4.46. The number of nitrogens with one attached hydrogen (secondary N) is 1. The van der Waals surface area contributed by atoms with E-state index in [-0.39, 0.29) is 28.5 Å². The summed E-state index contributed by atoms with van der Waals surface area (Å²) in [5.74, 6) is 0.515. The Morgan fingerprint density at radius 1 is 1.15 bits per heavy atom. The topological polar surface area (TPSA) is 127 Å². The van der Waals surface area contributed by atoms with E-state index in [1.54, 1.807) is 26.0 Å². The van der Waals surface area contributed by atoms with E-state index in [0.29, 0.717) is 29.7 Å². The maximum absolute atomic E-state index is 13.8. The summed E-state index contributed by atoms with van der Waals surface area (Å²) >= 11 is 0. The third kappa shape index (κ3) is 3.42. The monoisotopic (exact) mass is 449 g/mol. The number of aromatic hydroxyl groups is 1. The average Bonchev–Trinajstić information content (AvgIpc) is 2.77. The first kappa shape index (κ1) is 22.4. The number of aromatic nitrogens is 2. The highest BCUT2D eigenvalue weighted by molar-refractivity contribution is 6.08. The molecule has 33 heavy (non-hydrogen) atoms. The van der Waals surface area contributed by atoms with Gasteiger partial charge in [0, 0.05) is 23.4 Å². The van der Waals surface area contributed by atoms with Gasteiger partial charge in [0.2, 0.25) is 5.78 Å². The van der Waals surface area contributed by atoms with Crippen LogP contribution in [0.4, 0.5) is 5.69 Å². The van der Waals surface area contributed by atoms with Gasteiger partial charge in [-0.15, -0.1) is 0 Å². The second-order valence-corrected chi connectivity index (χ2v) is 8.90. The maximum atomic E-state index is 13.8. The largest absolute Gasteiger partial charge is 0.507 e. The van der Waals surface area contributed by atoms with Gasteiger partial charge in [-0.2, -0.15) is 0 Å². The summed E-state index contributed by atoms with van der Waals surface area (Å²) in [6.45, 7) is 9.00. The highest BCUT2D eigenvalue weighted by Crippen LogP contribution is 2.44. The van der Waals surface area contributed by atoms with Gasteiger partial charge in [-0.25, -0.2) is 9.36 Å². The first-order valence-electron chi connectivity index (χ1n) is 10.7. The number of aryl methyl sites for hydroxylation is 1. The summed E-state index contributed by atoms with van der Waals surface area (Å²) in [4.78, 5) is 40.9. The minimum absolute atomic E-state index is 0.0369. The number of aromatic amines is 1. The van der Waals surface area contributed by atoms with E-state index in [0.717, 1.165) is 21.3 Å². The van der Waals surface area contributed by atoms with Crippen molar-refractivity contribution in [1.29, 1.82) is 0 Å². The van der Waals surface area contributed by atoms with Crippen LogP contribution in [0.15, 0.2) is 34.0 Å². The van der Waals surface area contributed by atoms with Crippen molar-refractivity contribution >= 4 is 11.5 Å². The molecule has 0 saturated heterocycles. The molecule has 172 valence electrons. The molecule has 0 amide bonds. The standard InChI is InChI=1S/C25H27N3O5/c1-12-10-17(20(26)18(11-12)28-19(29)7-9-27-24(28)32)23(31)25(5)8-6-16-15(4)21(30)13(2)14(3)22(16)33-25/h7,9-11,30H,6,8,26H2,1-5H3,(H,27,32). The van der Waals surface area contributed by atoms with Crippen molar-refractivity contribution in [3.63, 3.8) is 0 Å². The molecular weight excluding hydrogens is 422 g/mol. The van der Waals surface area contributed by atoms with Gasteiger partial charge in [-0.05, 0) is 81.8 Å². The number of ketones is 1. The van der Waals surface area contributed by atoms with Crippen LogP contribution < -0.4 is 21.7 Å². The fourth-order valence-electron chi connectivity index (χ4n) is 4.50. The lowest BCUT2D eigenvalue weighted by Gasteiger charge is -2.37. The van der Waals surface area contributed by atoms with E-state index in [9.17, 15) is 19.5 Å². The number of rotatable bonds is 3. The molecule has 0 bridgehead atoms. The zero-order chi connectivity index (χ0) is 24.2. The summed E-state index contributed by atoms with van der Waals surface area (Å²) < 4.78 is 7.23. The molecule has 2 heterocycles. The van der Waals surface area contributed by atoms with Crippen LogP contribution in [-0.2, 0) is 6.42 Å². The molecule has 0 fully saturated rings. The van der Waals surface area contributed by atoms with Crippen molar-refractivity contribution in [2.24, 2.45) is 0 Å². The molecule has 0 spiro atoms. The highest BCUT2D eigenvalue weighted by atomic mass is 16.5. The first-order chi connectivity index (χ1) is 15.5. The number of carbonyl (C=O) groups is 1. The van der Waals surface area contributed by atoms with Crippen molar-refractivity contribution in [3.8, 4) is 17.2 Å². The molecule has 1 aliphatic heterocycles. The fraction of sp³-hybridized carbons (Fsp3) is 0.320. The molecule has 0 radical (unpaired) electrons. The number of fused-ring (bicyclic) bond motifs is 1. The van der Waals surface area contributed by atoms with E-state index in [1.165, 1.54) is 12.3 Å². The number of nitrogens with two attached hydrogens (primary N) is 1. The van der Waals surface area contributed by atoms with Crippen LogP contribution in [0.1, 0.15) is 51.5 Å². The molecule has 8 nitrogen and oxygen atoms in total. The molecule has 1 aliphatic rings. The lowest BCUT2D eigenvalue weighted by molar-refractivity contribution is 0.0429. The minimum Gasteiger partial charge on any atom is -0.507 e. The van der Waals surface area contributed by atoms with Gasteiger partial charge in [-0.3, -0.25) is 9.59 Å². The molecule has 4 N–H and O–H groups in total. The number of phenolic OH excluding ortho intramolecular Hbond substituents is 1. The van der Waals surface area contributed by atoms with Crippen molar-refractivity contribution in [2.45, 2.75) is 53.1 Å². The van der Waals surface area contributed by atoms with Crippen molar-refractivity contribution in [1.82, 2.24) is 9.55 Å². The zero-order valence-electron chi connectivity index (χ0n) is 19.3. The van der Waals surface area contributed by atoms with Gasteiger partial charge in [-0.1, -0.05) is 0 Å².